The van der Waals surface area contributed by atoms with Crippen LogP contribution in [0.3, 0.4) is 0 Å². The minimum Gasteiger partial charge on any atom is -0.493 e. The first-order valence-electron chi connectivity index (χ1n) is 10.3. The smallest absolute Gasteiger partial charge is 0.379 e. The van der Waals surface area contributed by atoms with Gasteiger partial charge in [-0.3, -0.25) is 14.5 Å². The summed E-state index contributed by atoms with van der Waals surface area (Å²) < 4.78 is 21.3. The average Bonchev–Trinajstić information content (AvgIpc) is 3.45. The largest absolute Gasteiger partial charge is 0.493 e. The number of esters is 1. The molecule has 2 amide bonds. The molecule has 1 aromatic heterocycles. The molecule has 9 heteroatoms. The summed E-state index contributed by atoms with van der Waals surface area (Å²) in [7, 11) is 1.44. The molecular formula is C25H21NO7S. The summed E-state index contributed by atoms with van der Waals surface area (Å²) in [5, 5.41) is -0.361. The molecule has 8 nitrogen and oxygen atoms in total. The Bertz CT molecular complexity index is 1250. The number of ether oxygens (including phenoxy) is 3. The maximum atomic E-state index is 12.8. The zero-order valence-electron chi connectivity index (χ0n) is 18.5. The van der Waals surface area contributed by atoms with Gasteiger partial charge in [0.05, 0.1) is 24.8 Å². The number of carbonyl (C=O) groups excluding carboxylic acids is 3. The fraction of sp³-hybridized carbons (Fsp3) is 0.160. The van der Waals surface area contributed by atoms with Gasteiger partial charge in [0, 0.05) is 0 Å². The Morgan fingerprint density at radius 1 is 1.09 bits per heavy atom. The summed E-state index contributed by atoms with van der Waals surface area (Å²) >= 11 is 0.856. The number of hydrogen-bond donors (Lipinski definition) is 0. The topological polar surface area (TPSA) is 95.3 Å². The summed E-state index contributed by atoms with van der Waals surface area (Å²) in [6.07, 6.45) is 2.96. The standard InChI is InChI=1S/C25H21NO7S/c1-16-5-3-6-18(13-16)31-12-10-26-23(27)22(34-25(26)29)15-17-8-9-19(21(14-17)30-2)33-24(28)20-7-4-11-32-20/h3-9,11,13-15H,10,12H2,1-2H3/b22-15-. The fourth-order valence-electron chi connectivity index (χ4n) is 3.21. The first-order chi connectivity index (χ1) is 16.4. The molecule has 1 saturated heterocycles. The molecular weight excluding hydrogens is 458 g/mol. The van der Waals surface area contributed by atoms with Gasteiger partial charge in [0.15, 0.2) is 11.5 Å². The van der Waals surface area contributed by atoms with Crippen LogP contribution in [0.2, 0.25) is 0 Å². The predicted octanol–water partition coefficient (Wildman–Crippen LogP) is 4.93. The Balaban J connectivity index is 1.42. The molecule has 0 N–H and O–H groups in total. The molecule has 0 bridgehead atoms. The van der Waals surface area contributed by atoms with Gasteiger partial charge in [0.25, 0.3) is 11.1 Å². The van der Waals surface area contributed by atoms with Gasteiger partial charge in [-0.25, -0.2) is 4.79 Å². The minimum atomic E-state index is -0.662. The molecule has 0 spiro atoms. The van der Waals surface area contributed by atoms with Crippen molar-refractivity contribution < 1.29 is 33.0 Å². The van der Waals surface area contributed by atoms with E-state index in [-0.39, 0.29) is 34.8 Å². The third-order valence-electron chi connectivity index (χ3n) is 4.86. The lowest BCUT2D eigenvalue weighted by Gasteiger charge is -2.13. The van der Waals surface area contributed by atoms with Crippen molar-refractivity contribution >= 4 is 35.0 Å². The van der Waals surface area contributed by atoms with Gasteiger partial charge >= 0.3 is 5.97 Å². The van der Waals surface area contributed by atoms with Gasteiger partial charge in [-0.05, 0) is 72.3 Å². The van der Waals surface area contributed by atoms with E-state index in [1.807, 2.05) is 31.2 Å². The number of aryl methyl sites for hydroxylation is 1. The summed E-state index contributed by atoms with van der Waals surface area (Å²) in [6.45, 7) is 2.29. The number of hydrogen-bond acceptors (Lipinski definition) is 8. The molecule has 174 valence electrons. The molecule has 1 aliphatic heterocycles. The lowest BCUT2D eigenvalue weighted by molar-refractivity contribution is -0.123. The van der Waals surface area contributed by atoms with Crippen LogP contribution in [-0.2, 0) is 4.79 Å². The van der Waals surface area contributed by atoms with Crippen LogP contribution in [-0.4, -0.2) is 42.3 Å². The number of benzene rings is 2. The molecule has 0 saturated carbocycles. The molecule has 34 heavy (non-hydrogen) atoms. The normalized spacial score (nSPS) is 14.5. The Labute approximate surface area is 200 Å². The van der Waals surface area contributed by atoms with E-state index >= 15 is 0 Å². The fourth-order valence-corrected chi connectivity index (χ4v) is 4.07. The van der Waals surface area contributed by atoms with E-state index in [0.29, 0.717) is 17.1 Å². The van der Waals surface area contributed by atoms with Crippen LogP contribution < -0.4 is 14.2 Å². The minimum absolute atomic E-state index is 0.0613. The molecule has 3 aromatic rings. The van der Waals surface area contributed by atoms with Crippen molar-refractivity contribution in [2.45, 2.75) is 6.92 Å². The number of nitrogens with zero attached hydrogens (tertiary/aromatic N) is 1. The molecule has 1 fully saturated rings. The van der Waals surface area contributed by atoms with E-state index in [9.17, 15) is 14.4 Å². The maximum Gasteiger partial charge on any atom is 0.379 e. The Morgan fingerprint density at radius 3 is 2.68 bits per heavy atom. The number of thioether (sulfide) groups is 1. The van der Waals surface area contributed by atoms with Gasteiger partial charge in [0.1, 0.15) is 12.4 Å². The van der Waals surface area contributed by atoms with E-state index in [1.54, 1.807) is 30.3 Å². The zero-order valence-corrected chi connectivity index (χ0v) is 19.3. The number of amides is 2. The SMILES string of the molecule is COc1cc(/C=C2\SC(=O)N(CCOc3cccc(C)c3)C2=O)ccc1OC(=O)c1ccco1. The van der Waals surface area contributed by atoms with Crippen LogP contribution >= 0.6 is 11.8 Å². The highest BCUT2D eigenvalue weighted by molar-refractivity contribution is 8.18. The summed E-state index contributed by atoms with van der Waals surface area (Å²) in [6, 6.07) is 15.4. The highest BCUT2D eigenvalue weighted by atomic mass is 32.2. The monoisotopic (exact) mass is 479 g/mol. The third kappa shape index (κ3) is 5.32. The van der Waals surface area contributed by atoms with E-state index in [4.69, 9.17) is 18.6 Å². The molecule has 0 atom stereocenters. The molecule has 2 heterocycles. The molecule has 1 aliphatic rings. The number of furan rings is 1. The highest BCUT2D eigenvalue weighted by Crippen LogP contribution is 2.34. The number of rotatable bonds is 8. The van der Waals surface area contributed by atoms with Crippen molar-refractivity contribution in [1.29, 1.82) is 0 Å². The van der Waals surface area contributed by atoms with Gasteiger partial charge in [-0.1, -0.05) is 18.2 Å². The van der Waals surface area contributed by atoms with Crippen LogP contribution in [0, 0.1) is 6.92 Å². The van der Waals surface area contributed by atoms with E-state index in [1.165, 1.54) is 19.4 Å². The van der Waals surface area contributed by atoms with Crippen molar-refractivity contribution in [3.8, 4) is 17.2 Å². The molecule has 0 unspecified atom stereocenters. The summed E-state index contributed by atoms with van der Waals surface area (Å²) in [4.78, 5) is 38.7. The second-order valence-electron chi connectivity index (χ2n) is 7.28. The summed E-state index contributed by atoms with van der Waals surface area (Å²) in [5.41, 5.74) is 1.67. The first kappa shape index (κ1) is 23.2. The van der Waals surface area contributed by atoms with E-state index < -0.39 is 11.9 Å². The Kier molecular flexibility index (Phi) is 7.03. The van der Waals surface area contributed by atoms with Gasteiger partial charge < -0.3 is 18.6 Å². The maximum absolute atomic E-state index is 12.8. The van der Waals surface area contributed by atoms with Crippen LogP contribution in [0.25, 0.3) is 6.08 Å². The van der Waals surface area contributed by atoms with Gasteiger partial charge in [-0.15, -0.1) is 0 Å². The first-order valence-corrected chi connectivity index (χ1v) is 11.1. The van der Waals surface area contributed by atoms with E-state index in [0.717, 1.165) is 22.2 Å². The van der Waals surface area contributed by atoms with Crippen LogP contribution in [0.5, 0.6) is 17.2 Å². The Morgan fingerprint density at radius 2 is 1.94 bits per heavy atom. The van der Waals surface area contributed by atoms with Crippen LogP contribution in [0.1, 0.15) is 21.7 Å². The van der Waals surface area contributed by atoms with Gasteiger partial charge in [-0.2, -0.15) is 0 Å². The van der Waals surface area contributed by atoms with E-state index in [2.05, 4.69) is 0 Å². The van der Waals surface area contributed by atoms with Gasteiger partial charge in [0.2, 0.25) is 5.76 Å². The number of carbonyl (C=O) groups is 3. The van der Waals surface area contributed by atoms with Crippen molar-refractivity contribution in [3.05, 3.63) is 82.7 Å². The molecule has 2 aromatic carbocycles. The van der Waals surface area contributed by atoms with Crippen molar-refractivity contribution in [1.82, 2.24) is 4.90 Å². The molecule has 4 rings (SSSR count). The second-order valence-corrected chi connectivity index (χ2v) is 8.27. The summed E-state index contributed by atoms with van der Waals surface area (Å²) in [5.74, 6) is 0.177. The quantitative estimate of drug-likeness (QED) is 0.255. The molecule has 0 radical (unpaired) electrons. The predicted molar refractivity (Wildman–Crippen MR) is 126 cm³/mol. The second kappa shape index (κ2) is 10.3. The molecule has 0 aliphatic carbocycles. The Hall–Kier alpha value is -3.98. The third-order valence-corrected chi connectivity index (χ3v) is 5.76. The van der Waals surface area contributed by atoms with Crippen molar-refractivity contribution in [2.24, 2.45) is 0 Å². The lowest BCUT2D eigenvalue weighted by Crippen LogP contribution is -2.32. The van der Waals surface area contributed by atoms with Crippen LogP contribution in [0.15, 0.2) is 70.2 Å². The van der Waals surface area contributed by atoms with Crippen molar-refractivity contribution in [2.75, 3.05) is 20.3 Å². The zero-order chi connectivity index (χ0) is 24.1. The number of imide groups is 1. The van der Waals surface area contributed by atoms with Crippen molar-refractivity contribution in [3.63, 3.8) is 0 Å². The van der Waals surface area contributed by atoms with Crippen LogP contribution in [0.4, 0.5) is 4.79 Å². The number of methoxy groups -OCH3 is 1. The highest BCUT2D eigenvalue weighted by Gasteiger charge is 2.34. The average molecular weight is 480 g/mol. The lowest BCUT2D eigenvalue weighted by atomic mass is 10.2.